The molecule has 0 aromatic rings. The summed E-state index contributed by atoms with van der Waals surface area (Å²) in [4.78, 5) is 0. The van der Waals surface area contributed by atoms with E-state index in [1.165, 1.54) is 44.9 Å². The van der Waals surface area contributed by atoms with Gasteiger partial charge in [-0.05, 0) is 99.2 Å². The Bertz CT molecular complexity index is 532. The van der Waals surface area contributed by atoms with Crippen molar-refractivity contribution in [2.24, 2.45) is 45.6 Å². The number of oxime groups is 1. The lowest BCUT2D eigenvalue weighted by molar-refractivity contribution is -0.123. The van der Waals surface area contributed by atoms with Crippen LogP contribution in [0.2, 0.25) is 0 Å². The van der Waals surface area contributed by atoms with E-state index in [2.05, 4.69) is 19.0 Å². The molecule has 136 valence electrons. The van der Waals surface area contributed by atoms with Crippen molar-refractivity contribution in [3.63, 3.8) is 0 Å². The summed E-state index contributed by atoms with van der Waals surface area (Å²) in [7, 11) is 0. The molecule has 24 heavy (non-hydrogen) atoms. The second-order valence-electron chi connectivity index (χ2n) is 10.0. The lowest BCUT2D eigenvalue weighted by Crippen LogP contribution is -2.54. The lowest BCUT2D eigenvalue weighted by atomic mass is 9.44. The SMILES string of the molecule is CC(=NO)[C@@H]1CC[C@@H]2[C@@H]3CC[C@H]4C[C@H](O)CC[C@]4(C)[C@@H]3CC[C@@]21C. The molecular formula is C21H35NO2. The maximum Gasteiger partial charge on any atom is 0.0576 e. The van der Waals surface area contributed by atoms with Crippen LogP contribution in [-0.4, -0.2) is 22.1 Å². The van der Waals surface area contributed by atoms with Crippen LogP contribution >= 0.6 is 0 Å². The maximum absolute atomic E-state index is 10.1. The Balaban J connectivity index is 1.61. The van der Waals surface area contributed by atoms with E-state index in [0.29, 0.717) is 16.7 Å². The van der Waals surface area contributed by atoms with Crippen molar-refractivity contribution >= 4 is 5.71 Å². The predicted molar refractivity (Wildman–Crippen MR) is 96.1 cm³/mol. The van der Waals surface area contributed by atoms with Gasteiger partial charge in [-0.25, -0.2) is 0 Å². The van der Waals surface area contributed by atoms with Crippen LogP contribution in [-0.2, 0) is 0 Å². The highest BCUT2D eigenvalue weighted by Crippen LogP contribution is 2.67. The minimum absolute atomic E-state index is 0.0484. The Morgan fingerprint density at radius 1 is 0.917 bits per heavy atom. The molecule has 0 aromatic carbocycles. The van der Waals surface area contributed by atoms with E-state index in [4.69, 9.17) is 0 Å². The second-order valence-corrected chi connectivity index (χ2v) is 10.0. The molecule has 0 aromatic heterocycles. The van der Waals surface area contributed by atoms with Gasteiger partial charge in [0.15, 0.2) is 0 Å². The number of fused-ring (bicyclic) bond motifs is 5. The molecule has 0 amide bonds. The quantitative estimate of drug-likeness (QED) is 0.409. The van der Waals surface area contributed by atoms with Gasteiger partial charge in [0.05, 0.1) is 11.8 Å². The van der Waals surface area contributed by atoms with Gasteiger partial charge in [0.1, 0.15) is 0 Å². The number of aliphatic hydroxyl groups is 1. The molecule has 4 rings (SSSR count). The van der Waals surface area contributed by atoms with Crippen molar-refractivity contribution in [1.82, 2.24) is 0 Å². The number of hydrogen-bond acceptors (Lipinski definition) is 3. The minimum atomic E-state index is -0.0484. The van der Waals surface area contributed by atoms with Gasteiger partial charge < -0.3 is 10.3 Å². The molecule has 0 aliphatic heterocycles. The van der Waals surface area contributed by atoms with Crippen LogP contribution in [0, 0.1) is 40.4 Å². The standard InChI is InChI=1S/C21H35NO2/c1-13(22-24)17-6-7-18-16-5-4-14-12-15(23)8-10-20(14,2)19(16)9-11-21(17,18)3/h14-19,23-24H,4-12H2,1-3H3/t14-,15+,16-,17-,18+,19+,20-,21+/m0/s1. The van der Waals surface area contributed by atoms with E-state index in [1.54, 1.807) is 0 Å². The molecule has 4 saturated carbocycles. The van der Waals surface area contributed by atoms with Gasteiger partial charge in [0.25, 0.3) is 0 Å². The molecule has 4 aliphatic carbocycles. The highest BCUT2D eigenvalue weighted by molar-refractivity contribution is 5.84. The zero-order chi connectivity index (χ0) is 17.1. The molecule has 4 aliphatic rings. The summed E-state index contributed by atoms with van der Waals surface area (Å²) in [6.07, 6.45) is 11.1. The smallest absolute Gasteiger partial charge is 0.0576 e. The fraction of sp³-hybridized carbons (Fsp3) is 0.952. The first-order valence-corrected chi connectivity index (χ1v) is 10.3. The van der Waals surface area contributed by atoms with Crippen LogP contribution < -0.4 is 0 Å². The second kappa shape index (κ2) is 5.72. The number of aliphatic hydroxyl groups excluding tert-OH is 1. The molecule has 0 bridgehead atoms. The molecule has 0 radical (unpaired) electrons. The zero-order valence-electron chi connectivity index (χ0n) is 15.7. The topological polar surface area (TPSA) is 52.8 Å². The van der Waals surface area contributed by atoms with Crippen LogP contribution in [0.15, 0.2) is 5.16 Å². The largest absolute Gasteiger partial charge is 0.411 e. The van der Waals surface area contributed by atoms with Gasteiger partial charge in [0.2, 0.25) is 0 Å². The van der Waals surface area contributed by atoms with Crippen molar-refractivity contribution in [2.45, 2.75) is 84.7 Å². The first-order chi connectivity index (χ1) is 11.4. The van der Waals surface area contributed by atoms with Crippen LogP contribution in [0.5, 0.6) is 0 Å². The summed E-state index contributed by atoms with van der Waals surface area (Å²) >= 11 is 0. The average molecular weight is 334 g/mol. The first-order valence-electron chi connectivity index (χ1n) is 10.3. The average Bonchev–Trinajstić information content (AvgIpc) is 2.92. The van der Waals surface area contributed by atoms with E-state index in [9.17, 15) is 10.3 Å². The number of rotatable bonds is 1. The Labute approximate surface area is 146 Å². The van der Waals surface area contributed by atoms with Crippen LogP contribution in [0.25, 0.3) is 0 Å². The van der Waals surface area contributed by atoms with Gasteiger partial charge in [-0.3, -0.25) is 0 Å². The Morgan fingerprint density at radius 3 is 2.38 bits per heavy atom. The summed E-state index contributed by atoms with van der Waals surface area (Å²) in [6.45, 7) is 7.06. The molecule has 3 heteroatoms. The van der Waals surface area contributed by atoms with Crippen molar-refractivity contribution in [1.29, 1.82) is 0 Å². The summed E-state index contributed by atoms with van der Waals surface area (Å²) in [5.74, 6) is 3.74. The van der Waals surface area contributed by atoms with E-state index < -0.39 is 0 Å². The monoisotopic (exact) mass is 333 g/mol. The minimum Gasteiger partial charge on any atom is -0.411 e. The molecular weight excluding hydrogens is 298 g/mol. The summed E-state index contributed by atoms with van der Waals surface area (Å²) < 4.78 is 0. The summed E-state index contributed by atoms with van der Waals surface area (Å²) in [6, 6.07) is 0. The maximum atomic E-state index is 10.1. The molecule has 0 heterocycles. The summed E-state index contributed by atoms with van der Waals surface area (Å²) in [5, 5.41) is 23.0. The third-order valence-corrected chi connectivity index (χ3v) is 9.30. The van der Waals surface area contributed by atoms with Gasteiger partial charge in [0, 0.05) is 5.92 Å². The molecule has 8 atom stereocenters. The normalized spacial score (nSPS) is 54.8. The van der Waals surface area contributed by atoms with Crippen LogP contribution in [0.4, 0.5) is 0 Å². The van der Waals surface area contributed by atoms with Crippen molar-refractivity contribution in [2.75, 3.05) is 0 Å². The van der Waals surface area contributed by atoms with Crippen LogP contribution in [0.1, 0.15) is 78.6 Å². The first kappa shape index (κ1) is 16.9. The molecule has 0 saturated heterocycles. The highest BCUT2D eigenvalue weighted by atomic mass is 16.4. The van der Waals surface area contributed by atoms with E-state index in [1.807, 2.05) is 6.92 Å². The van der Waals surface area contributed by atoms with Crippen molar-refractivity contribution in [3.8, 4) is 0 Å². The van der Waals surface area contributed by atoms with Crippen molar-refractivity contribution in [3.05, 3.63) is 0 Å². The Hall–Kier alpha value is -0.570. The number of nitrogens with zero attached hydrogens (tertiary/aromatic N) is 1. The molecule has 2 N–H and O–H groups in total. The van der Waals surface area contributed by atoms with E-state index in [-0.39, 0.29) is 6.10 Å². The Kier molecular flexibility index (Phi) is 4.02. The lowest BCUT2D eigenvalue weighted by Gasteiger charge is -2.61. The highest BCUT2D eigenvalue weighted by Gasteiger charge is 2.60. The van der Waals surface area contributed by atoms with E-state index in [0.717, 1.165) is 42.2 Å². The molecule has 0 spiro atoms. The molecule has 4 fully saturated rings. The fourth-order valence-electron chi connectivity index (χ4n) is 7.99. The zero-order valence-corrected chi connectivity index (χ0v) is 15.7. The van der Waals surface area contributed by atoms with Gasteiger partial charge >= 0.3 is 0 Å². The fourth-order valence-corrected chi connectivity index (χ4v) is 7.99. The van der Waals surface area contributed by atoms with Crippen molar-refractivity contribution < 1.29 is 10.3 Å². The van der Waals surface area contributed by atoms with Gasteiger partial charge in [-0.15, -0.1) is 0 Å². The van der Waals surface area contributed by atoms with Gasteiger partial charge in [-0.2, -0.15) is 0 Å². The third kappa shape index (κ3) is 2.22. The van der Waals surface area contributed by atoms with E-state index >= 15 is 0 Å². The number of hydrogen-bond donors (Lipinski definition) is 2. The Morgan fingerprint density at radius 2 is 1.62 bits per heavy atom. The predicted octanol–water partition coefficient (Wildman–Crippen LogP) is 4.86. The molecule has 0 unspecified atom stereocenters. The van der Waals surface area contributed by atoms with Crippen LogP contribution in [0.3, 0.4) is 0 Å². The van der Waals surface area contributed by atoms with Gasteiger partial charge in [-0.1, -0.05) is 19.0 Å². The summed E-state index contributed by atoms with van der Waals surface area (Å²) in [5.41, 5.74) is 1.76. The third-order valence-electron chi connectivity index (χ3n) is 9.30. The molecule has 3 nitrogen and oxygen atoms in total.